The van der Waals surface area contributed by atoms with Gasteiger partial charge in [-0.05, 0) is 50.9 Å². The maximum atomic E-state index is 5.67. The van der Waals surface area contributed by atoms with Gasteiger partial charge < -0.3 is 10.1 Å². The Balaban J connectivity index is 2.36. The summed E-state index contributed by atoms with van der Waals surface area (Å²) in [5, 5.41) is 3.50. The maximum absolute atomic E-state index is 5.67. The molecule has 2 nitrogen and oxygen atoms in total. The summed E-state index contributed by atoms with van der Waals surface area (Å²) in [6, 6.07) is 8.94. The molecule has 0 amide bonds. The van der Waals surface area contributed by atoms with Crippen LogP contribution in [0.25, 0.3) is 0 Å². The predicted molar refractivity (Wildman–Crippen MR) is 82.8 cm³/mol. The van der Waals surface area contributed by atoms with E-state index in [4.69, 9.17) is 4.74 Å². The van der Waals surface area contributed by atoms with Crippen molar-refractivity contribution in [2.24, 2.45) is 0 Å². The Morgan fingerprint density at radius 2 is 2.00 bits per heavy atom. The van der Waals surface area contributed by atoms with Crippen LogP contribution in [-0.4, -0.2) is 19.2 Å². The van der Waals surface area contributed by atoms with Crippen molar-refractivity contribution in [3.63, 3.8) is 0 Å². The Hall–Kier alpha value is -1.28. The average molecular weight is 261 g/mol. The molecule has 0 bridgehead atoms. The lowest BCUT2D eigenvalue weighted by Crippen LogP contribution is -2.28. The van der Waals surface area contributed by atoms with Gasteiger partial charge in [0, 0.05) is 12.5 Å². The third-order valence-electron chi connectivity index (χ3n) is 3.01. The number of nitrogens with one attached hydrogen (secondary N) is 1. The molecule has 0 spiro atoms. The lowest BCUT2D eigenvalue weighted by Gasteiger charge is -2.13. The van der Waals surface area contributed by atoms with Crippen LogP contribution in [0, 0.1) is 0 Å². The van der Waals surface area contributed by atoms with Gasteiger partial charge >= 0.3 is 0 Å². The minimum absolute atomic E-state index is 0.523. The van der Waals surface area contributed by atoms with Crippen LogP contribution in [0.1, 0.15) is 39.2 Å². The second-order valence-corrected chi connectivity index (χ2v) is 5.26. The second-order valence-electron chi connectivity index (χ2n) is 5.26. The van der Waals surface area contributed by atoms with Crippen molar-refractivity contribution in [2.75, 3.05) is 13.2 Å². The quantitative estimate of drug-likeness (QED) is 0.679. The summed E-state index contributed by atoms with van der Waals surface area (Å²) in [6.07, 6.45) is 3.16. The fourth-order valence-corrected chi connectivity index (χ4v) is 1.88. The van der Waals surface area contributed by atoms with E-state index in [0.717, 1.165) is 30.7 Å². The molecule has 0 aliphatic carbocycles. The molecule has 0 saturated carbocycles. The summed E-state index contributed by atoms with van der Waals surface area (Å²) < 4.78 is 5.67. The van der Waals surface area contributed by atoms with E-state index in [9.17, 15) is 0 Å². The van der Waals surface area contributed by atoms with Crippen molar-refractivity contribution < 1.29 is 4.74 Å². The summed E-state index contributed by atoms with van der Waals surface area (Å²) >= 11 is 0. The largest absolute Gasteiger partial charge is 0.493 e. The molecule has 1 unspecified atom stereocenters. The summed E-state index contributed by atoms with van der Waals surface area (Å²) in [6.45, 7) is 12.1. The van der Waals surface area contributed by atoms with Gasteiger partial charge in [-0.3, -0.25) is 0 Å². The maximum Gasteiger partial charge on any atom is 0.119 e. The highest BCUT2D eigenvalue weighted by molar-refractivity contribution is 5.27. The molecule has 19 heavy (non-hydrogen) atoms. The smallest absolute Gasteiger partial charge is 0.119 e. The van der Waals surface area contributed by atoms with Crippen LogP contribution in [0.4, 0.5) is 0 Å². The monoisotopic (exact) mass is 261 g/mol. The normalized spacial score (nSPS) is 12.2. The highest BCUT2D eigenvalue weighted by Gasteiger charge is 2.02. The van der Waals surface area contributed by atoms with Crippen molar-refractivity contribution in [2.45, 2.75) is 46.1 Å². The summed E-state index contributed by atoms with van der Waals surface area (Å²) in [7, 11) is 0. The Morgan fingerprint density at radius 1 is 1.32 bits per heavy atom. The molecule has 0 aliphatic rings. The zero-order valence-electron chi connectivity index (χ0n) is 12.5. The van der Waals surface area contributed by atoms with Gasteiger partial charge in [-0.1, -0.05) is 24.6 Å². The first kappa shape index (κ1) is 15.8. The highest BCUT2D eigenvalue weighted by atomic mass is 16.5. The van der Waals surface area contributed by atoms with Crippen LogP contribution in [0.3, 0.4) is 0 Å². The molecule has 1 atom stereocenters. The van der Waals surface area contributed by atoms with Crippen molar-refractivity contribution in [3.8, 4) is 5.75 Å². The third-order valence-corrected chi connectivity index (χ3v) is 3.01. The molecule has 1 rings (SSSR count). The average Bonchev–Trinajstić information content (AvgIpc) is 2.38. The van der Waals surface area contributed by atoms with Gasteiger partial charge in [-0.25, -0.2) is 0 Å². The number of ether oxygens (including phenoxy) is 1. The SMILES string of the molecule is C=C(C)CCOc1ccc(CC(C)NCCC)cc1. The van der Waals surface area contributed by atoms with E-state index in [1.54, 1.807) is 0 Å². The zero-order chi connectivity index (χ0) is 14.1. The van der Waals surface area contributed by atoms with Crippen molar-refractivity contribution >= 4 is 0 Å². The molecule has 0 aromatic heterocycles. The zero-order valence-corrected chi connectivity index (χ0v) is 12.5. The van der Waals surface area contributed by atoms with Crippen LogP contribution in [0.5, 0.6) is 5.75 Å². The molecule has 1 aromatic rings. The first-order chi connectivity index (χ1) is 9.11. The summed E-state index contributed by atoms with van der Waals surface area (Å²) in [4.78, 5) is 0. The second kappa shape index (κ2) is 8.76. The lowest BCUT2D eigenvalue weighted by atomic mass is 10.1. The molecular formula is C17H27NO. The first-order valence-corrected chi connectivity index (χ1v) is 7.21. The van der Waals surface area contributed by atoms with E-state index in [0.29, 0.717) is 12.6 Å². The molecule has 0 aliphatic heterocycles. The third kappa shape index (κ3) is 7.02. The van der Waals surface area contributed by atoms with Crippen molar-refractivity contribution in [1.82, 2.24) is 5.32 Å². The fraction of sp³-hybridized carbons (Fsp3) is 0.529. The number of hydrogen-bond donors (Lipinski definition) is 1. The molecule has 0 fully saturated rings. The van der Waals surface area contributed by atoms with E-state index < -0.39 is 0 Å². The standard InChI is InChI=1S/C17H27NO/c1-5-11-18-15(4)13-16-6-8-17(9-7-16)19-12-10-14(2)3/h6-9,15,18H,2,5,10-13H2,1,3-4H3. The molecule has 1 aromatic carbocycles. The summed E-state index contributed by atoms with van der Waals surface area (Å²) in [5.41, 5.74) is 2.51. The number of benzene rings is 1. The molecule has 2 heteroatoms. The minimum atomic E-state index is 0.523. The van der Waals surface area contributed by atoms with E-state index >= 15 is 0 Å². The topological polar surface area (TPSA) is 21.3 Å². The van der Waals surface area contributed by atoms with Crippen LogP contribution in [-0.2, 0) is 6.42 Å². The Morgan fingerprint density at radius 3 is 2.58 bits per heavy atom. The lowest BCUT2D eigenvalue weighted by molar-refractivity contribution is 0.321. The van der Waals surface area contributed by atoms with Gasteiger partial charge in [-0.2, -0.15) is 0 Å². The van der Waals surface area contributed by atoms with E-state index in [-0.39, 0.29) is 0 Å². The van der Waals surface area contributed by atoms with Gasteiger partial charge in [0.1, 0.15) is 5.75 Å². The minimum Gasteiger partial charge on any atom is -0.493 e. The molecule has 1 N–H and O–H groups in total. The molecular weight excluding hydrogens is 234 g/mol. The summed E-state index contributed by atoms with van der Waals surface area (Å²) in [5.74, 6) is 0.944. The number of hydrogen-bond acceptors (Lipinski definition) is 2. The molecule has 106 valence electrons. The van der Waals surface area contributed by atoms with Gasteiger partial charge in [0.15, 0.2) is 0 Å². The first-order valence-electron chi connectivity index (χ1n) is 7.21. The van der Waals surface area contributed by atoms with Crippen molar-refractivity contribution in [1.29, 1.82) is 0 Å². The van der Waals surface area contributed by atoms with E-state index in [1.165, 1.54) is 12.0 Å². The van der Waals surface area contributed by atoms with Gasteiger partial charge in [-0.15, -0.1) is 6.58 Å². The predicted octanol–water partition coefficient (Wildman–Crippen LogP) is 3.96. The molecule has 0 radical (unpaired) electrons. The Kier molecular flexibility index (Phi) is 7.27. The van der Waals surface area contributed by atoms with Crippen molar-refractivity contribution in [3.05, 3.63) is 42.0 Å². The van der Waals surface area contributed by atoms with Crippen LogP contribution >= 0.6 is 0 Å². The fourth-order valence-electron chi connectivity index (χ4n) is 1.88. The van der Waals surface area contributed by atoms with Gasteiger partial charge in [0.05, 0.1) is 6.61 Å². The molecule has 0 saturated heterocycles. The Bertz CT molecular complexity index is 369. The van der Waals surface area contributed by atoms with Crippen LogP contribution < -0.4 is 10.1 Å². The van der Waals surface area contributed by atoms with Crippen LogP contribution in [0.15, 0.2) is 36.4 Å². The highest BCUT2D eigenvalue weighted by Crippen LogP contribution is 2.14. The van der Waals surface area contributed by atoms with Crippen LogP contribution in [0.2, 0.25) is 0 Å². The number of rotatable bonds is 9. The van der Waals surface area contributed by atoms with Gasteiger partial charge in [0.2, 0.25) is 0 Å². The van der Waals surface area contributed by atoms with E-state index in [2.05, 4.69) is 50.0 Å². The molecule has 0 heterocycles. The van der Waals surface area contributed by atoms with E-state index in [1.807, 2.05) is 6.92 Å². The Labute approximate surface area is 117 Å². The van der Waals surface area contributed by atoms with Gasteiger partial charge in [0.25, 0.3) is 0 Å².